The maximum atomic E-state index is 13.3. The van der Waals surface area contributed by atoms with Crippen molar-refractivity contribution in [3.05, 3.63) is 70.8 Å². The van der Waals surface area contributed by atoms with Gasteiger partial charge >= 0.3 is 6.01 Å². The number of imidazole rings is 1. The standard InChI is InChI=1S/C20H21ClFN3O3S/c1-4-25-19(12-23-20(25)28-15-7-5-13(2)6-8-15)14(3)24-29(26,27)16-9-10-18(22)17(21)11-16/h5-12,14,24H,4H2,1-3H3. The van der Waals surface area contributed by atoms with E-state index in [-0.39, 0.29) is 9.92 Å². The Morgan fingerprint density at radius 1 is 1.24 bits per heavy atom. The fourth-order valence-electron chi connectivity index (χ4n) is 2.83. The molecule has 0 radical (unpaired) electrons. The van der Waals surface area contributed by atoms with Gasteiger partial charge in [0, 0.05) is 6.54 Å². The molecule has 0 spiro atoms. The Bertz CT molecular complexity index is 1110. The molecule has 0 aliphatic carbocycles. The van der Waals surface area contributed by atoms with Gasteiger partial charge in [-0.05, 0) is 51.1 Å². The molecule has 29 heavy (non-hydrogen) atoms. The van der Waals surface area contributed by atoms with Crippen LogP contribution < -0.4 is 9.46 Å². The van der Waals surface area contributed by atoms with Crippen LogP contribution in [0.15, 0.2) is 53.6 Å². The summed E-state index contributed by atoms with van der Waals surface area (Å²) in [5.74, 6) is -0.0442. The highest BCUT2D eigenvalue weighted by Crippen LogP contribution is 2.26. The molecule has 6 nitrogen and oxygen atoms in total. The van der Waals surface area contributed by atoms with Gasteiger partial charge in [0.25, 0.3) is 0 Å². The monoisotopic (exact) mass is 437 g/mol. The molecule has 1 unspecified atom stereocenters. The van der Waals surface area contributed by atoms with E-state index in [4.69, 9.17) is 16.3 Å². The molecule has 3 aromatic rings. The summed E-state index contributed by atoms with van der Waals surface area (Å²) >= 11 is 5.71. The summed E-state index contributed by atoms with van der Waals surface area (Å²) < 4.78 is 48.9. The molecule has 0 bridgehead atoms. The Morgan fingerprint density at radius 3 is 2.55 bits per heavy atom. The summed E-state index contributed by atoms with van der Waals surface area (Å²) in [5, 5.41) is -0.257. The second-order valence-electron chi connectivity index (χ2n) is 6.54. The second-order valence-corrected chi connectivity index (χ2v) is 8.67. The molecule has 0 saturated carbocycles. The van der Waals surface area contributed by atoms with Crippen LogP contribution >= 0.6 is 11.6 Å². The fourth-order valence-corrected chi connectivity index (χ4v) is 4.32. The first-order valence-corrected chi connectivity index (χ1v) is 10.8. The Kier molecular flexibility index (Phi) is 6.26. The lowest BCUT2D eigenvalue weighted by Crippen LogP contribution is -2.28. The lowest BCUT2D eigenvalue weighted by molar-refractivity contribution is 0.408. The molecule has 9 heteroatoms. The first kappa shape index (κ1) is 21.3. The Labute approximate surface area is 174 Å². The largest absolute Gasteiger partial charge is 0.426 e. The van der Waals surface area contributed by atoms with Gasteiger partial charge in [-0.1, -0.05) is 29.3 Å². The van der Waals surface area contributed by atoms with E-state index in [0.29, 0.717) is 24.0 Å². The smallest absolute Gasteiger partial charge is 0.302 e. The third-order valence-electron chi connectivity index (χ3n) is 4.37. The van der Waals surface area contributed by atoms with Crippen molar-refractivity contribution in [3.8, 4) is 11.8 Å². The zero-order valence-corrected chi connectivity index (χ0v) is 17.8. The number of nitrogens with one attached hydrogen (secondary N) is 1. The van der Waals surface area contributed by atoms with E-state index in [9.17, 15) is 12.8 Å². The lowest BCUT2D eigenvalue weighted by atomic mass is 10.2. The van der Waals surface area contributed by atoms with Crippen molar-refractivity contribution in [2.24, 2.45) is 0 Å². The van der Waals surface area contributed by atoms with E-state index in [1.165, 1.54) is 6.07 Å². The molecule has 154 valence electrons. The predicted octanol–water partition coefficient (Wildman–Crippen LogP) is 4.84. The van der Waals surface area contributed by atoms with Gasteiger partial charge in [-0.3, -0.25) is 4.57 Å². The highest BCUT2D eigenvalue weighted by atomic mass is 35.5. The molecular weight excluding hydrogens is 417 g/mol. The summed E-state index contributed by atoms with van der Waals surface area (Å²) in [6.45, 7) is 6.12. The number of ether oxygens (including phenoxy) is 1. The van der Waals surface area contributed by atoms with E-state index in [1.807, 2.05) is 38.1 Å². The molecule has 1 aromatic heterocycles. The van der Waals surface area contributed by atoms with Crippen LogP contribution in [0.25, 0.3) is 0 Å². The topological polar surface area (TPSA) is 73.2 Å². The molecule has 0 aliphatic heterocycles. The summed E-state index contributed by atoms with van der Waals surface area (Å²) in [6.07, 6.45) is 1.57. The summed E-state index contributed by atoms with van der Waals surface area (Å²) in [4.78, 5) is 4.17. The van der Waals surface area contributed by atoms with E-state index < -0.39 is 21.9 Å². The highest BCUT2D eigenvalue weighted by molar-refractivity contribution is 7.89. The van der Waals surface area contributed by atoms with Crippen molar-refractivity contribution < 1.29 is 17.5 Å². The Balaban J connectivity index is 1.83. The van der Waals surface area contributed by atoms with Gasteiger partial charge < -0.3 is 4.74 Å². The van der Waals surface area contributed by atoms with Crippen LogP contribution in [-0.2, 0) is 16.6 Å². The number of sulfonamides is 1. The van der Waals surface area contributed by atoms with Crippen LogP contribution in [0.2, 0.25) is 5.02 Å². The number of hydrogen-bond donors (Lipinski definition) is 1. The highest BCUT2D eigenvalue weighted by Gasteiger charge is 2.23. The summed E-state index contributed by atoms with van der Waals surface area (Å²) in [6, 6.07) is 10.6. The minimum atomic E-state index is -3.91. The van der Waals surface area contributed by atoms with Crippen molar-refractivity contribution in [2.45, 2.75) is 38.3 Å². The van der Waals surface area contributed by atoms with E-state index in [1.54, 1.807) is 17.7 Å². The molecular formula is C20H21ClFN3O3S. The van der Waals surface area contributed by atoms with Crippen LogP contribution in [0, 0.1) is 12.7 Å². The molecule has 1 heterocycles. The first-order valence-electron chi connectivity index (χ1n) is 8.98. The first-order chi connectivity index (χ1) is 13.7. The maximum Gasteiger partial charge on any atom is 0.302 e. The average molecular weight is 438 g/mol. The Hall–Kier alpha value is -2.42. The van der Waals surface area contributed by atoms with Gasteiger partial charge in [-0.15, -0.1) is 0 Å². The van der Waals surface area contributed by atoms with Gasteiger partial charge in [0.2, 0.25) is 10.0 Å². The van der Waals surface area contributed by atoms with Crippen molar-refractivity contribution in [1.82, 2.24) is 14.3 Å². The van der Waals surface area contributed by atoms with Crippen LogP contribution in [0.3, 0.4) is 0 Å². The minimum Gasteiger partial charge on any atom is -0.426 e. The van der Waals surface area contributed by atoms with Crippen LogP contribution in [0.5, 0.6) is 11.8 Å². The maximum absolute atomic E-state index is 13.3. The lowest BCUT2D eigenvalue weighted by Gasteiger charge is -2.17. The van der Waals surface area contributed by atoms with E-state index in [2.05, 4.69) is 9.71 Å². The zero-order chi connectivity index (χ0) is 21.2. The molecule has 0 aliphatic rings. The Morgan fingerprint density at radius 2 is 1.93 bits per heavy atom. The second kappa shape index (κ2) is 8.52. The molecule has 0 saturated heterocycles. The van der Waals surface area contributed by atoms with Crippen LogP contribution in [0.1, 0.15) is 31.1 Å². The van der Waals surface area contributed by atoms with Gasteiger partial charge in [0.15, 0.2) is 0 Å². The molecule has 3 rings (SSSR count). The third-order valence-corrected chi connectivity index (χ3v) is 6.20. The van der Waals surface area contributed by atoms with Crippen molar-refractivity contribution in [1.29, 1.82) is 0 Å². The van der Waals surface area contributed by atoms with Gasteiger partial charge in [-0.2, -0.15) is 0 Å². The SMILES string of the molecule is CCn1c(C(C)NS(=O)(=O)c2ccc(F)c(Cl)c2)cnc1Oc1ccc(C)cc1. The number of rotatable bonds is 7. The predicted molar refractivity (Wildman–Crippen MR) is 109 cm³/mol. The van der Waals surface area contributed by atoms with Crippen molar-refractivity contribution in [3.63, 3.8) is 0 Å². The molecule has 1 atom stereocenters. The third kappa shape index (κ3) is 4.77. The van der Waals surface area contributed by atoms with Gasteiger partial charge in [0.1, 0.15) is 11.6 Å². The van der Waals surface area contributed by atoms with E-state index in [0.717, 1.165) is 17.7 Å². The van der Waals surface area contributed by atoms with Gasteiger partial charge in [0.05, 0.1) is 27.9 Å². The average Bonchev–Trinajstić information content (AvgIpc) is 3.08. The molecule has 0 fully saturated rings. The molecule has 2 aromatic carbocycles. The summed E-state index contributed by atoms with van der Waals surface area (Å²) in [5.41, 5.74) is 1.74. The number of benzene rings is 2. The van der Waals surface area contributed by atoms with Crippen LogP contribution in [0.4, 0.5) is 4.39 Å². The zero-order valence-electron chi connectivity index (χ0n) is 16.2. The van der Waals surface area contributed by atoms with Crippen molar-refractivity contribution in [2.75, 3.05) is 0 Å². The fraction of sp³-hybridized carbons (Fsp3) is 0.250. The van der Waals surface area contributed by atoms with E-state index >= 15 is 0 Å². The number of nitrogens with zero attached hydrogens (tertiary/aromatic N) is 2. The number of aromatic nitrogens is 2. The normalized spacial score (nSPS) is 12.7. The number of aryl methyl sites for hydroxylation is 1. The minimum absolute atomic E-state index is 0.116. The van der Waals surface area contributed by atoms with Crippen molar-refractivity contribution >= 4 is 21.6 Å². The molecule has 1 N–H and O–H groups in total. The number of halogens is 2. The number of hydrogen-bond acceptors (Lipinski definition) is 4. The molecule has 0 amide bonds. The summed E-state index contributed by atoms with van der Waals surface area (Å²) in [7, 11) is -3.91. The van der Waals surface area contributed by atoms with Gasteiger partial charge in [-0.25, -0.2) is 22.5 Å². The quantitative estimate of drug-likeness (QED) is 0.574. The van der Waals surface area contributed by atoms with Crippen LogP contribution in [-0.4, -0.2) is 18.0 Å².